The third-order valence-electron chi connectivity index (χ3n) is 3.91. The van der Waals surface area contributed by atoms with E-state index in [9.17, 15) is 9.59 Å². The first kappa shape index (κ1) is 14.5. The van der Waals surface area contributed by atoms with E-state index in [1.165, 1.54) is 6.20 Å². The fraction of sp³-hybridized carbons (Fsp3) is 0.312. The SMILES string of the molecule is CN1CCN(C(=O)c2ccccc2C(=O)c2ncc[nH]2)CC1. The van der Waals surface area contributed by atoms with E-state index in [-0.39, 0.29) is 17.5 Å². The molecule has 1 amide bonds. The van der Waals surface area contributed by atoms with E-state index in [0.29, 0.717) is 24.2 Å². The first-order valence-corrected chi connectivity index (χ1v) is 7.28. The standard InChI is InChI=1S/C16H18N4O2/c1-19-8-10-20(11-9-19)16(22)13-5-3-2-4-12(13)14(21)15-17-6-7-18-15/h2-7H,8-11H2,1H3,(H,17,18). The molecule has 1 N–H and O–H groups in total. The van der Waals surface area contributed by atoms with Crippen molar-refractivity contribution >= 4 is 11.7 Å². The van der Waals surface area contributed by atoms with Gasteiger partial charge in [0.1, 0.15) is 0 Å². The minimum absolute atomic E-state index is 0.0939. The van der Waals surface area contributed by atoms with Crippen LogP contribution in [0.1, 0.15) is 26.5 Å². The lowest BCUT2D eigenvalue weighted by atomic mass is 10.0. The summed E-state index contributed by atoms with van der Waals surface area (Å²) >= 11 is 0. The minimum atomic E-state index is -0.261. The largest absolute Gasteiger partial charge is 0.342 e. The monoisotopic (exact) mass is 298 g/mol. The summed E-state index contributed by atoms with van der Waals surface area (Å²) < 4.78 is 0. The molecule has 6 heteroatoms. The van der Waals surface area contributed by atoms with Crippen molar-refractivity contribution in [1.29, 1.82) is 0 Å². The lowest BCUT2D eigenvalue weighted by molar-refractivity contribution is 0.0661. The van der Waals surface area contributed by atoms with Crippen molar-refractivity contribution in [2.24, 2.45) is 0 Å². The van der Waals surface area contributed by atoms with Gasteiger partial charge in [-0.2, -0.15) is 0 Å². The summed E-state index contributed by atoms with van der Waals surface area (Å²) in [5, 5.41) is 0. The maximum absolute atomic E-state index is 12.7. The number of ketones is 1. The van der Waals surface area contributed by atoms with Gasteiger partial charge in [0.2, 0.25) is 5.78 Å². The Morgan fingerprint density at radius 3 is 2.41 bits per heavy atom. The Balaban J connectivity index is 1.88. The van der Waals surface area contributed by atoms with Crippen molar-refractivity contribution in [3.8, 4) is 0 Å². The molecule has 0 atom stereocenters. The Labute approximate surface area is 128 Å². The molecule has 0 unspecified atom stereocenters. The molecule has 1 aromatic carbocycles. The summed E-state index contributed by atoms with van der Waals surface area (Å²) in [5.74, 6) is -0.106. The molecule has 2 heterocycles. The maximum atomic E-state index is 12.7. The van der Waals surface area contributed by atoms with E-state index < -0.39 is 0 Å². The van der Waals surface area contributed by atoms with Gasteiger partial charge in [0.15, 0.2) is 5.82 Å². The van der Waals surface area contributed by atoms with Crippen LogP contribution in [-0.2, 0) is 0 Å². The molecule has 0 spiro atoms. The summed E-state index contributed by atoms with van der Waals surface area (Å²) in [6, 6.07) is 6.92. The molecule has 1 aliphatic rings. The lowest BCUT2D eigenvalue weighted by Gasteiger charge is -2.32. The summed E-state index contributed by atoms with van der Waals surface area (Å²) in [5.41, 5.74) is 0.829. The summed E-state index contributed by atoms with van der Waals surface area (Å²) in [6.07, 6.45) is 3.12. The van der Waals surface area contributed by atoms with Crippen LogP contribution in [0, 0.1) is 0 Å². The highest BCUT2D eigenvalue weighted by Crippen LogP contribution is 2.16. The third kappa shape index (κ3) is 2.78. The van der Waals surface area contributed by atoms with Gasteiger partial charge < -0.3 is 14.8 Å². The molecule has 114 valence electrons. The average Bonchev–Trinajstić information content (AvgIpc) is 3.09. The molecule has 3 rings (SSSR count). The molecule has 1 fully saturated rings. The quantitative estimate of drug-likeness (QED) is 0.859. The van der Waals surface area contributed by atoms with Gasteiger partial charge in [0.05, 0.1) is 5.56 Å². The molecule has 2 aromatic rings. The number of benzene rings is 1. The van der Waals surface area contributed by atoms with Crippen LogP contribution in [0.5, 0.6) is 0 Å². The summed E-state index contributed by atoms with van der Waals surface area (Å²) in [6.45, 7) is 3.05. The zero-order valence-electron chi connectivity index (χ0n) is 12.5. The molecular weight excluding hydrogens is 280 g/mol. The second-order valence-corrected chi connectivity index (χ2v) is 5.41. The van der Waals surface area contributed by atoms with Crippen LogP contribution in [0.3, 0.4) is 0 Å². The maximum Gasteiger partial charge on any atom is 0.254 e. The number of amides is 1. The van der Waals surface area contributed by atoms with Crippen molar-refractivity contribution < 1.29 is 9.59 Å². The van der Waals surface area contributed by atoms with Crippen LogP contribution in [-0.4, -0.2) is 64.7 Å². The van der Waals surface area contributed by atoms with Crippen LogP contribution >= 0.6 is 0 Å². The number of aromatic amines is 1. The van der Waals surface area contributed by atoms with Gasteiger partial charge >= 0.3 is 0 Å². The summed E-state index contributed by atoms with van der Waals surface area (Å²) in [4.78, 5) is 36.0. The van der Waals surface area contributed by atoms with E-state index in [4.69, 9.17) is 0 Å². The molecule has 6 nitrogen and oxygen atoms in total. The molecule has 1 aromatic heterocycles. The Kier molecular flexibility index (Phi) is 4.02. The van der Waals surface area contributed by atoms with Crippen molar-refractivity contribution in [3.05, 3.63) is 53.6 Å². The normalized spacial score (nSPS) is 15.8. The number of H-pyrrole nitrogens is 1. The number of imidazole rings is 1. The van der Waals surface area contributed by atoms with Crippen LogP contribution in [0.15, 0.2) is 36.7 Å². The Morgan fingerprint density at radius 1 is 1.09 bits per heavy atom. The number of likely N-dealkylation sites (N-methyl/N-ethyl adjacent to an activating group) is 1. The second-order valence-electron chi connectivity index (χ2n) is 5.41. The smallest absolute Gasteiger partial charge is 0.254 e. The lowest BCUT2D eigenvalue weighted by Crippen LogP contribution is -2.47. The highest BCUT2D eigenvalue weighted by molar-refractivity contribution is 6.13. The van der Waals surface area contributed by atoms with Crippen LogP contribution in [0.2, 0.25) is 0 Å². The number of hydrogen-bond acceptors (Lipinski definition) is 4. The van der Waals surface area contributed by atoms with Crippen molar-refractivity contribution in [2.45, 2.75) is 0 Å². The first-order valence-electron chi connectivity index (χ1n) is 7.28. The molecule has 22 heavy (non-hydrogen) atoms. The fourth-order valence-electron chi connectivity index (χ4n) is 2.56. The van der Waals surface area contributed by atoms with Gasteiger partial charge in [0.25, 0.3) is 5.91 Å². The van der Waals surface area contributed by atoms with Gasteiger partial charge in [-0.3, -0.25) is 9.59 Å². The van der Waals surface area contributed by atoms with Crippen molar-refractivity contribution in [1.82, 2.24) is 19.8 Å². The molecule has 0 aliphatic carbocycles. The number of aromatic nitrogens is 2. The van der Waals surface area contributed by atoms with E-state index in [0.717, 1.165) is 13.1 Å². The Hall–Kier alpha value is -2.47. The molecule has 1 aliphatic heterocycles. The molecular formula is C16H18N4O2. The number of rotatable bonds is 3. The number of nitrogens with one attached hydrogen (secondary N) is 1. The van der Waals surface area contributed by atoms with Gasteiger partial charge in [-0.15, -0.1) is 0 Å². The summed E-state index contributed by atoms with van der Waals surface area (Å²) in [7, 11) is 2.04. The third-order valence-corrected chi connectivity index (χ3v) is 3.91. The number of nitrogens with zero attached hydrogens (tertiary/aromatic N) is 3. The molecule has 1 saturated heterocycles. The van der Waals surface area contributed by atoms with Crippen molar-refractivity contribution in [2.75, 3.05) is 33.2 Å². The first-order chi connectivity index (χ1) is 10.7. The number of piperazine rings is 1. The Morgan fingerprint density at radius 2 is 1.77 bits per heavy atom. The number of carbonyl (C=O) groups excluding carboxylic acids is 2. The van der Waals surface area contributed by atoms with E-state index in [1.807, 2.05) is 7.05 Å². The molecule has 0 bridgehead atoms. The van der Waals surface area contributed by atoms with Gasteiger partial charge in [-0.1, -0.05) is 18.2 Å². The zero-order valence-corrected chi connectivity index (χ0v) is 12.5. The van der Waals surface area contributed by atoms with Crippen molar-refractivity contribution in [3.63, 3.8) is 0 Å². The highest BCUT2D eigenvalue weighted by Gasteiger charge is 2.25. The van der Waals surface area contributed by atoms with Crippen LogP contribution < -0.4 is 0 Å². The fourth-order valence-corrected chi connectivity index (χ4v) is 2.56. The highest BCUT2D eigenvalue weighted by atomic mass is 16.2. The van der Waals surface area contributed by atoms with E-state index in [2.05, 4.69) is 14.9 Å². The molecule has 0 saturated carbocycles. The molecule has 0 radical (unpaired) electrons. The Bertz CT molecular complexity index is 673. The van der Waals surface area contributed by atoms with Gasteiger partial charge in [-0.25, -0.2) is 4.98 Å². The predicted octanol–water partition coefficient (Wildman–Crippen LogP) is 1.03. The van der Waals surface area contributed by atoms with Crippen LogP contribution in [0.25, 0.3) is 0 Å². The van der Waals surface area contributed by atoms with E-state index in [1.54, 1.807) is 35.4 Å². The number of hydrogen-bond donors (Lipinski definition) is 1. The second kappa shape index (κ2) is 6.11. The number of carbonyl (C=O) groups is 2. The minimum Gasteiger partial charge on any atom is -0.342 e. The zero-order chi connectivity index (χ0) is 15.5. The predicted molar refractivity (Wildman–Crippen MR) is 81.9 cm³/mol. The topological polar surface area (TPSA) is 69.3 Å². The van der Waals surface area contributed by atoms with Gasteiger partial charge in [0, 0.05) is 44.1 Å². The van der Waals surface area contributed by atoms with Gasteiger partial charge in [-0.05, 0) is 13.1 Å². The van der Waals surface area contributed by atoms with E-state index >= 15 is 0 Å². The van der Waals surface area contributed by atoms with Crippen LogP contribution in [0.4, 0.5) is 0 Å². The average molecular weight is 298 g/mol.